The Hall–Kier alpha value is -1.44. The predicted molar refractivity (Wildman–Crippen MR) is 73.3 cm³/mol. The second kappa shape index (κ2) is 6.14. The minimum Gasteiger partial charge on any atom is -0.465 e. The fourth-order valence-corrected chi connectivity index (χ4v) is 2.82. The maximum absolute atomic E-state index is 11.9. The maximum Gasteiger partial charge on any atom is 0.350 e. The highest BCUT2D eigenvalue weighted by atomic mass is 32.1. The van der Waals surface area contributed by atoms with E-state index in [1.165, 1.54) is 18.4 Å². The van der Waals surface area contributed by atoms with Crippen LogP contribution in [0.15, 0.2) is 11.4 Å². The average Bonchev–Trinajstić information content (AvgIpc) is 2.97. The smallest absolute Gasteiger partial charge is 0.350 e. The summed E-state index contributed by atoms with van der Waals surface area (Å²) in [6, 6.07) is 1.85. The van der Waals surface area contributed by atoms with Gasteiger partial charge in [0.1, 0.15) is 4.88 Å². The molecule has 1 aromatic rings. The normalized spacial score (nSPS) is 19.4. The number of hydrogen-bond donors (Lipinski definition) is 2. The van der Waals surface area contributed by atoms with Crippen LogP contribution in [-0.4, -0.2) is 49.6 Å². The molecule has 0 unspecified atom stereocenters. The number of carbonyl (C=O) groups excluding carboxylic acids is 2. The fourth-order valence-electron chi connectivity index (χ4n) is 2.06. The van der Waals surface area contributed by atoms with Gasteiger partial charge in [0.2, 0.25) is 5.91 Å². The van der Waals surface area contributed by atoms with Crippen molar-refractivity contribution in [2.24, 2.45) is 5.73 Å². The van der Waals surface area contributed by atoms with Gasteiger partial charge in [-0.15, -0.1) is 11.3 Å². The van der Waals surface area contributed by atoms with Gasteiger partial charge in [-0.25, -0.2) is 4.79 Å². The van der Waals surface area contributed by atoms with Crippen LogP contribution >= 0.6 is 11.3 Å². The van der Waals surface area contributed by atoms with E-state index in [1.54, 1.807) is 11.4 Å². The Kier molecular flexibility index (Phi) is 4.52. The number of methoxy groups -OCH3 is 1. The van der Waals surface area contributed by atoms with Crippen molar-refractivity contribution in [2.45, 2.75) is 12.5 Å². The summed E-state index contributed by atoms with van der Waals surface area (Å²) in [7, 11) is 1.32. The standard InChI is InChI=1S/C12H17N3O3S/c1-18-12(17)11-9(3-5-19-11)14-10(16)7-15-4-2-8(13)6-15/h3,5,8H,2,4,6-7,13H2,1H3,(H,14,16)/t8-/m0/s1. The number of rotatable bonds is 4. The van der Waals surface area contributed by atoms with Gasteiger partial charge in [0.25, 0.3) is 0 Å². The monoisotopic (exact) mass is 283 g/mol. The zero-order valence-corrected chi connectivity index (χ0v) is 11.5. The lowest BCUT2D eigenvalue weighted by molar-refractivity contribution is -0.117. The summed E-state index contributed by atoms with van der Waals surface area (Å²) in [5.41, 5.74) is 6.29. The first-order valence-electron chi connectivity index (χ1n) is 6.03. The second-order valence-corrected chi connectivity index (χ2v) is 5.40. The largest absolute Gasteiger partial charge is 0.465 e. The first kappa shape index (κ1) is 14.0. The first-order chi connectivity index (χ1) is 9.10. The van der Waals surface area contributed by atoms with Crippen LogP contribution in [0.4, 0.5) is 5.69 Å². The van der Waals surface area contributed by atoms with E-state index in [1.807, 2.05) is 4.90 Å². The van der Waals surface area contributed by atoms with Crippen LogP contribution in [0, 0.1) is 0 Å². The highest BCUT2D eigenvalue weighted by Gasteiger charge is 2.22. The highest BCUT2D eigenvalue weighted by molar-refractivity contribution is 7.12. The molecule has 104 valence electrons. The molecule has 1 aliphatic heterocycles. The SMILES string of the molecule is COC(=O)c1sccc1NC(=O)CN1CC[C@H](N)C1. The molecule has 3 N–H and O–H groups in total. The van der Waals surface area contributed by atoms with Crippen molar-refractivity contribution in [2.75, 3.05) is 32.1 Å². The number of amides is 1. The quantitative estimate of drug-likeness (QED) is 0.786. The number of esters is 1. The van der Waals surface area contributed by atoms with E-state index in [0.29, 0.717) is 17.1 Å². The Morgan fingerprint density at radius 3 is 3.05 bits per heavy atom. The van der Waals surface area contributed by atoms with E-state index in [0.717, 1.165) is 19.5 Å². The van der Waals surface area contributed by atoms with Gasteiger partial charge in [0, 0.05) is 19.1 Å². The van der Waals surface area contributed by atoms with Gasteiger partial charge < -0.3 is 15.8 Å². The number of anilines is 1. The lowest BCUT2D eigenvalue weighted by Crippen LogP contribution is -2.33. The van der Waals surface area contributed by atoms with E-state index < -0.39 is 5.97 Å². The summed E-state index contributed by atoms with van der Waals surface area (Å²) in [4.78, 5) is 25.8. The van der Waals surface area contributed by atoms with Crippen LogP contribution in [-0.2, 0) is 9.53 Å². The Labute approximate surface area is 115 Å². The molecule has 1 amide bonds. The van der Waals surface area contributed by atoms with E-state index in [2.05, 4.69) is 10.1 Å². The lowest BCUT2D eigenvalue weighted by atomic mass is 10.3. The summed E-state index contributed by atoms with van der Waals surface area (Å²) in [5, 5.41) is 4.48. The summed E-state index contributed by atoms with van der Waals surface area (Å²) in [6.45, 7) is 1.87. The third kappa shape index (κ3) is 3.52. The minimum atomic E-state index is -0.437. The van der Waals surface area contributed by atoms with Crippen molar-refractivity contribution in [3.8, 4) is 0 Å². The molecule has 0 aliphatic carbocycles. The number of nitrogens with two attached hydrogens (primary N) is 1. The van der Waals surface area contributed by atoms with Crippen LogP contribution < -0.4 is 11.1 Å². The van der Waals surface area contributed by atoms with Gasteiger partial charge in [0.05, 0.1) is 19.3 Å². The number of nitrogens with zero attached hydrogens (tertiary/aromatic N) is 1. The molecule has 6 nitrogen and oxygen atoms in total. The van der Waals surface area contributed by atoms with Gasteiger partial charge in [-0.3, -0.25) is 9.69 Å². The molecule has 2 rings (SSSR count). The van der Waals surface area contributed by atoms with Gasteiger partial charge >= 0.3 is 5.97 Å². The van der Waals surface area contributed by atoms with Crippen molar-refractivity contribution in [1.29, 1.82) is 0 Å². The van der Waals surface area contributed by atoms with Crippen molar-refractivity contribution >= 4 is 28.9 Å². The molecule has 2 heterocycles. The fraction of sp³-hybridized carbons (Fsp3) is 0.500. The predicted octanol–water partition coefficient (Wildman–Crippen LogP) is 0.506. The Morgan fingerprint density at radius 1 is 1.63 bits per heavy atom. The van der Waals surface area contributed by atoms with Crippen molar-refractivity contribution in [3.63, 3.8) is 0 Å². The Bertz CT molecular complexity index is 475. The molecule has 19 heavy (non-hydrogen) atoms. The third-order valence-corrected chi connectivity index (χ3v) is 3.88. The second-order valence-electron chi connectivity index (χ2n) is 4.49. The van der Waals surface area contributed by atoms with Gasteiger partial charge in [-0.2, -0.15) is 0 Å². The van der Waals surface area contributed by atoms with Crippen LogP contribution in [0.5, 0.6) is 0 Å². The number of nitrogens with one attached hydrogen (secondary N) is 1. The molecular formula is C12H17N3O3S. The maximum atomic E-state index is 11.9. The molecule has 1 aliphatic rings. The van der Waals surface area contributed by atoms with Gasteiger partial charge in [-0.1, -0.05) is 0 Å². The number of thiophene rings is 1. The van der Waals surface area contributed by atoms with E-state index in [9.17, 15) is 9.59 Å². The molecular weight excluding hydrogens is 266 g/mol. The molecule has 0 spiro atoms. The molecule has 1 atom stereocenters. The summed E-state index contributed by atoms with van der Waals surface area (Å²) in [6.07, 6.45) is 0.916. The summed E-state index contributed by atoms with van der Waals surface area (Å²) in [5.74, 6) is -0.578. The number of likely N-dealkylation sites (tertiary alicyclic amines) is 1. The van der Waals surface area contributed by atoms with Crippen LogP contribution in [0.2, 0.25) is 0 Å². The highest BCUT2D eigenvalue weighted by Crippen LogP contribution is 2.23. The van der Waals surface area contributed by atoms with Crippen LogP contribution in [0.1, 0.15) is 16.1 Å². The number of carbonyl (C=O) groups is 2. The first-order valence-corrected chi connectivity index (χ1v) is 6.91. The molecule has 0 saturated carbocycles. The molecule has 7 heteroatoms. The average molecular weight is 283 g/mol. The van der Waals surface area contributed by atoms with E-state index >= 15 is 0 Å². The molecule has 0 bridgehead atoms. The van der Waals surface area contributed by atoms with Crippen molar-refractivity contribution in [3.05, 3.63) is 16.3 Å². The summed E-state index contributed by atoms with van der Waals surface area (Å²) < 4.78 is 4.66. The molecule has 1 fully saturated rings. The minimum absolute atomic E-state index is 0.141. The van der Waals surface area contributed by atoms with Crippen LogP contribution in [0.3, 0.4) is 0 Å². The number of ether oxygens (including phenoxy) is 1. The van der Waals surface area contributed by atoms with Crippen LogP contribution in [0.25, 0.3) is 0 Å². The number of hydrogen-bond acceptors (Lipinski definition) is 6. The van der Waals surface area contributed by atoms with Crippen molar-refractivity contribution < 1.29 is 14.3 Å². The van der Waals surface area contributed by atoms with Crippen molar-refractivity contribution in [1.82, 2.24) is 4.90 Å². The Morgan fingerprint density at radius 2 is 2.42 bits per heavy atom. The summed E-state index contributed by atoms with van der Waals surface area (Å²) >= 11 is 1.24. The zero-order chi connectivity index (χ0) is 13.8. The van der Waals surface area contributed by atoms with Gasteiger partial charge in [0.15, 0.2) is 0 Å². The molecule has 1 saturated heterocycles. The molecule has 0 aromatic carbocycles. The lowest BCUT2D eigenvalue weighted by Gasteiger charge is -2.14. The molecule has 1 aromatic heterocycles. The molecule has 0 radical (unpaired) electrons. The Balaban J connectivity index is 1.92. The zero-order valence-electron chi connectivity index (χ0n) is 10.7. The third-order valence-electron chi connectivity index (χ3n) is 2.99. The van der Waals surface area contributed by atoms with Gasteiger partial charge in [-0.05, 0) is 17.9 Å². The van der Waals surface area contributed by atoms with E-state index in [-0.39, 0.29) is 11.9 Å². The topological polar surface area (TPSA) is 84.7 Å². The van der Waals surface area contributed by atoms with E-state index in [4.69, 9.17) is 5.73 Å².